The average Bonchev–Trinajstić information content (AvgIpc) is 3.38. The number of unbranched alkanes of at least 4 members (excludes halogenated alkanes) is 3. The molecule has 7 heteroatoms. The minimum atomic E-state index is -3.39. The largest absolute Gasteiger partial charge is 0.299 e. The molecule has 1 saturated heterocycles. The number of ketones is 1. The summed E-state index contributed by atoms with van der Waals surface area (Å²) in [6.07, 6.45) is 7.28. The van der Waals surface area contributed by atoms with Crippen LogP contribution in [0.2, 0.25) is 0 Å². The number of rotatable bonds is 10. The van der Waals surface area contributed by atoms with Gasteiger partial charge < -0.3 is 0 Å². The molecule has 1 fully saturated rings. The maximum Gasteiger partial charge on any atom is 0.243 e. The van der Waals surface area contributed by atoms with Crippen LogP contribution in [0.4, 0.5) is 0 Å². The van der Waals surface area contributed by atoms with Gasteiger partial charge in [-0.15, -0.1) is 11.3 Å². The van der Waals surface area contributed by atoms with E-state index in [-0.39, 0.29) is 5.78 Å². The third-order valence-electron chi connectivity index (χ3n) is 5.06. The molecule has 0 unspecified atom stereocenters. The molecule has 0 saturated carbocycles. The maximum atomic E-state index is 12.6. The van der Waals surface area contributed by atoms with E-state index in [9.17, 15) is 13.2 Å². The third-order valence-corrected chi connectivity index (χ3v) is 7.82. The molecule has 152 valence electrons. The third kappa shape index (κ3) is 5.27. The standard InChI is InChI=1S/C21H28N2O3S2/c1-2-3-4-5-8-18(24)15-21-22-20(16-27-21)17-9-11-19(12-10-17)28(25,26)23-13-6-7-14-23/h9-12,16H,2-8,13-15H2,1H3. The van der Waals surface area contributed by atoms with Crippen molar-refractivity contribution in [2.75, 3.05) is 13.1 Å². The first-order chi connectivity index (χ1) is 13.5. The van der Waals surface area contributed by atoms with E-state index in [1.165, 1.54) is 24.2 Å². The molecule has 0 spiro atoms. The summed E-state index contributed by atoms with van der Waals surface area (Å²) < 4.78 is 26.8. The quantitative estimate of drug-likeness (QED) is 0.524. The summed E-state index contributed by atoms with van der Waals surface area (Å²) in [6.45, 7) is 3.37. The summed E-state index contributed by atoms with van der Waals surface area (Å²) >= 11 is 1.49. The van der Waals surface area contributed by atoms with Gasteiger partial charge in [0.25, 0.3) is 0 Å². The van der Waals surface area contributed by atoms with Gasteiger partial charge in [0, 0.05) is 30.5 Å². The number of nitrogens with zero attached hydrogens (tertiary/aromatic N) is 2. The average molecular weight is 421 g/mol. The lowest BCUT2D eigenvalue weighted by Gasteiger charge is -2.15. The molecule has 1 aromatic carbocycles. The summed E-state index contributed by atoms with van der Waals surface area (Å²) in [5, 5.41) is 2.76. The predicted octanol–water partition coefficient (Wildman–Crippen LogP) is 4.68. The Labute approximate surface area is 171 Å². The zero-order chi connectivity index (χ0) is 20.0. The van der Waals surface area contributed by atoms with Crippen LogP contribution in [0.15, 0.2) is 34.5 Å². The van der Waals surface area contributed by atoms with Gasteiger partial charge in [-0.3, -0.25) is 4.79 Å². The van der Waals surface area contributed by atoms with Gasteiger partial charge in [0.2, 0.25) is 10.0 Å². The van der Waals surface area contributed by atoms with E-state index in [0.29, 0.717) is 30.8 Å². The summed E-state index contributed by atoms with van der Waals surface area (Å²) in [5.74, 6) is 0.240. The highest BCUT2D eigenvalue weighted by Crippen LogP contribution is 2.26. The molecule has 1 aliphatic heterocycles. The number of benzene rings is 1. The van der Waals surface area contributed by atoms with Gasteiger partial charge in [0.05, 0.1) is 17.0 Å². The van der Waals surface area contributed by atoms with Crippen molar-refractivity contribution in [2.45, 2.75) is 63.2 Å². The first-order valence-electron chi connectivity index (χ1n) is 10.1. The lowest BCUT2D eigenvalue weighted by atomic mass is 10.1. The van der Waals surface area contributed by atoms with Gasteiger partial charge in [-0.2, -0.15) is 4.31 Å². The van der Waals surface area contributed by atoms with Crippen LogP contribution in [-0.2, 0) is 21.2 Å². The summed E-state index contributed by atoms with van der Waals surface area (Å²) in [6, 6.07) is 6.91. The van der Waals surface area contributed by atoms with E-state index in [4.69, 9.17) is 0 Å². The fourth-order valence-corrected chi connectivity index (χ4v) is 5.75. The number of thiazole rings is 1. The molecule has 2 heterocycles. The van der Waals surface area contributed by atoms with E-state index in [2.05, 4.69) is 11.9 Å². The van der Waals surface area contributed by atoms with Crippen molar-refractivity contribution >= 4 is 27.1 Å². The zero-order valence-electron chi connectivity index (χ0n) is 16.4. The van der Waals surface area contributed by atoms with Crippen molar-refractivity contribution in [2.24, 2.45) is 0 Å². The van der Waals surface area contributed by atoms with Gasteiger partial charge in [0.15, 0.2) is 0 Å². The minimum Gasteiger partial charge on any atom is -0.299 e. The number of carbonyl (C=O) groups excluding carboxylic acids is 1. The molecule has 28 heavy (non-hydrogen) atoms. The second-order valence-electron chi connectivity index (χ2n) is 7.29. The molecule has 0 N–H and O–H groups in total. The highest BCUT2D eigenvalue weighted by molar-refractivity contribution is 7.89. The van der Waals surface area contributed by atoms with Crippen molar-refractivity contribution in [1.29, 1.82) is 0 Å². The second-order valence-corrected chi connectivity index (χ2v) is 10.2. The van der Waals surface area contributed by atoms with Crippen LogP contribution in [0.5, 0.6) is 0 Å². The lowest BCUT2D eigenvalue weighted by molar-refractivity contribution is -0.118. The molecule has 0 bridgehead atoms. The van der Waals surface area contributed by atoms with Crippen molar-refractivity contribution < 1.29 is 13.2 Å². The van der Waals surface area contributed by atoms with Gasteiger partial charge in [-0.05, 0) is 31.4 Å². The number of carbonyl (C=O) groups is 1. The molecule has 0 atom stereocenters. The van der Waals surface area contributed by atoms with Crippen LogP contribution in [0, 0.1) is 0 Å². The summed E-state index contributed by atoms with van der Waals surface area (Å²) in [4.78, 5) is 17.0. The molecule has 0 radical (unpaired) electrons. The number of Topliss-reactive ketones (excluding diaryl/α,β-unsaturated/α-hetero) is 1. The molecule has 0 amide bonds. The monoisotopic (exact) mass is 420 g/mol. The van der Waals surface area contributed by atoms with E-state index in [1.54, 1.807) is 28.6 Å². The minimum absolute atomic E-state index is 0.240. The molecule has 0 aliphatic carbocycles. The second kappa shape index (κ2) is 9.76. The van der Waals surface area contributed by atoms with Crippen LogP contribution in [0.1, 0.15) is 56.9 Å². The molecule has 5 nitrogen and oxygen atoms in total. The molecule has 1 aromatic heterocycles. The molecule has 1 aliphatic rings. The number of hydrogen-bond acceptors (Lipinski definition) is 5. The van der Waals surface area contributed by atoms with Crippen LogP contribution < -0.4 is 0 Å². The van der Waals surface area contributed by atoms with Gasteiger partial charge in [0.1, 0.15) is 10.8 Å². The smallest absolute Gasteiger partial charge is 0.243 e. The molecular formula is C21H28N2O3S2. The van der Waals surface area contributed by atoms with E-state index in [1.807, 2.05) is 5.38 Å². The Morgan fingerprint density at radius 3 is 2.50 bits per heavy atom. The Balaban J connectivity index is 1.61. The highest BCUT2D eigenvalue weighted by Gasteiger charge is 2.27. The van der Waals surface area contributed by atoms with E-state index < -0.39 is 10.0 Å². The summed E-state index contributed by atoms with van der Waals surface area (Å²) in [5.41, 5.74) is 1.67. The Hall–Kier alpha value is -1.57. The van der Waals surface area contributed by atoms with E-state index >= 15 is 0 Å². The highest BCUT2D eigenvalue weighted by atomic mass is 32.2. The Morgan fingerprint density at radius 2 is 1.82 bits per heavy atom. The molecule has 2 aromatic rings. The number of sulfonamides is 1. The first-order valence-corrected chi connectivity index (χ1v) is 12.4. The number of hydrogen-bond donors (Lipinski definition) is 0. The maximum absolute atomic E-state index is 12.6. The zero-order valence-corrected chi connectivity index (χ0v) is 18.0. The topological polar surface area (TPSA) is 67.3 Å². The Morgan fingerprint density at radius 1 is 1.11 bits per heavy atom. The van der Waals surface area contributed by atoms with Crippen molar-refractivity contribution in [1.82, 2.24) is 9.29 Å². The Bertz CT molecular complexity index is 883. The Kier molecular flexibility index (Phi) is 7.37. The number of aromatic nitrogens is 1. The predicted molar refractivity (Wildman–Crippen MR) is 113 cm³/mol. The molecule has 3 rings (SSSR count). The van der Waals surface area contributed by atoms with E-state index in [0.717, 1.165) is 41.9 Å². The fraction of sp³-hybridized carbons (Fsp3) is 0.524. The first kappa shape index (κ1) is 21.1. The lowest BCUT2D eigenvalue weighted by Crippen LogP contribution is -2.27. The molecular weight excluding hydrogens is 392 g/mol. The van der Waals surface area contributed by atoms with Crippen molar-refractivity contribution in [3.8, 4) is 11.3 Å². The van der Waals surface area contributed by atoms with Crippen molar-refractivity contribution in [3.05, 3.63) is 34.7 Å². The van der Waals surface area contributed by atoms with Crippen LogP contribution in [0.3, 0.4) is 0 Å². The van der Waals surface area contributed by atoms with Crippen LogP contribution in [-0.4, -0.2) is 36.6 Å². The summed E-state index contributed by atoms with van der Waals surface area (Å²) in [7, 11) is -3.39. The van der Waals surface area contributed by atoms with Gasteiger partial charge in [-0.25, -0.2) is 13.4 Å². The normalized spacial score (nSPS) is 15.2. The van der Waals surface area contributed by atoms with Crippen LogP contribution in [0.25, 0.3) is 11.3 Å². The SMILES string of the molecule is CCCCCCC(=O)Cc1nc(-c2ccc(S(=O)(=O)N3CCCC3)cc2)cs1. The van der Waals surface area contributed by atoms with Crippen molar-refractivity contribution in [3.63, 3.8) is 0 Å². The fourth-order valence-electron chi connectivity index (χ4n) is 3.41. The van der Waals surface area contributed by atoms with Gasteiger partial charge >= 0.3 is 0 Å². The van der Waals surface area contributed by atoms with Crippen LogP contribution >= 0.6 is 11.3 Å². The van der Waals surface area contributed by atoms with Gasteiger partial charge in [-0.1, -0.05) is 38.3 Å².